The van der Waals surface area contributed by atoms with E-state index in [0.717, 1.165) is 20.9 Å². The number of aliphatic hydroxyl groups is 1. The molecule has 1 unspecified atom stereocenters. The second-order valence-corrected chi connectivity index (χ2v) is 9.12. The van der Waals surface area contributed by atoms with Crippen LogP contribution in [0.1, 0.15) is 27.0 Å². The number of rotatable bonds is 7. The van der Waals surface area contributed by atoms with E-state index in [1.54, 1.807) is 12.1 Å². The number of aliphatic hydroxyl groups excluding tert-OH is 1. The molecule has 1 atom stereocenters. The van der Waals surface area contributed by atoms with Crippen LogP contribution < -0.4 is 4.72 Å². The summed E-state index contributed by atoms with van der Waals surface area (Å²) >= 11 is 2.95. The first-order chi connectivity index (χ1) is 11.5. The average Bonchev–Trinajstić information content (AvgIpc) is 3.25. The molecule has 1 aromatic carbocycles. The quantitative estimate of drug-likeness (QED) is 0.660. The first-order valence-corrected chi connectivity index (χ1v) is 10.7. The zero-order chi connectivity index (χ0) is 17.0. The van der Waals surface area contributed by atoms with Gasteiger partial charge in [-0.1, -0.05) is 30.3 Å². The van der Waals surface area contributed by atoms with Gasteiger partial charge in [-0.3, -0.25) is 0 Å². The molecule has 0 fully saturated rings. The highest BCUT2D eigenvalue weighted by atomic mass is 32.2. The summed E-state index contributed by atoms with van der Waals surface area (Å²) < 4.78 is 26.9. The highest BCUT2D eigenvalue weighted by Gasteiger charge is 2.15. The Labute approximate surface area is 149 Å². The van der Waals surface area contributed by atoms with E-state index in [-0.39, 0.29) is 12.3 Å². The molecule has 0 aliphatic rings. The van der Waals surface area contributed by atoms with E-state index in [1.807, 2.05) is 47.2 Å². The lowest BCUT2D eigenvalue weighted by atomic mass is 10.2. The normalized spacial score (nSPS) is 13.0. The number of hydrogen-bond acceptors (Lipinski definition) is 5. The van der Waals surface area contributed by atoms with Crippen molar-refractivity contribution in [2.45, 2.75) is 18.4 Å². The van der Waals surface area contributed by atoms with Gasteiger partial charge in [-0.15, -0.1) is 11.3 Å². The second kappa shape index (κ2) is 7.58. The van der Waals surface area contributed by atoms with Crippen LogP contribution in [0.5, 0.6) is 0 Å². The van der Waals surface area contributed by atoms with Crippen molar-refractivity contribution in [1.82, 2.24) is 4.72 Å². The van der Waals surface area contributed by atoms with Gasteiger partial charge in [-0.2, -0.15) is 11.3 Å². The highest BCUT2D eigenvalue weighted by Crippen LogP contribution is 2.29. The Bertz CT molecular complexity index is 871. The van der Waals surface area contributed by atoms with E-state index >= 15 is 0 Å². The largest absolute Gasteiger partial charge is 0.383 e. The summed E-state index contributed by atoms with van der Waals surface area (Å²) in [5.41, 5.74) is 1.61. The van der Waals surface area contributed by atoms with Crippen molar-refractivity contribution in [3.8, 4) is 0 Å². The summed E-state index contributed by atoms with van der Waals surface area (Å²) in [6.07, 6.45) is -0.657. The van der Waals surface area contributed by atoms with Crippen LogP contribution in [0.4, 0.5) is 0 Å². The summed E-state index contributed by atoms with van der Waals surface area (Å²) in [6, 6.07) is 14.7. The van der Waals surface area contributed by atoms with Gasteiger partial charge in [0, 0.05) is 16.3 Å². The van der Waals surface area contributed by atoms with Gasteiger partial charge < -0.3 is 5.11 Å². The molecule has 0 radical (unpaired) electrons. The Morgan fingerprint density at radius 3 is 2.58 bits per heavy atom. The van der Waals surface area contributed by atoms with Gasteiger partial charge in [0.05, 0.1) is 5.75 Å². The van der Waals surface area contributed by atoms with Gasteiger partial charge in [0.1, 0.15) is 6.10 Å². The predicted octanol–water partition coefficient (Wildman–Crippen LogP) is 3.51. The number of benzene rings is 1. The Kier molecular flexibility index (Phi) is 5.47. The van der Waals surface area contributed by atoms with Crippen molar-refractivity contribution in [2.75, 3.05) is 0 Å². The van der Waals surface area contributed by atoms with Crippen LogP contribution in [0.3, 0.4) is 0 Å². The SMILES string of the molecule is O=S(=O)(Cc1ccccc1)NCc1ccc(C(O)c2ccsc2)s1. The van der Waals surface area contributed by atoms with Crippen molar-refractivity contribution in [1.29, 1.82) is 0 Å². The molecule has 0 saturated carbocycles. The lowest BCUT2D eigenvalue weighted by Gasteiger charge is -2.06. The van der Waals surface area contributed by atoms with Crippen LogP contribution in [0.25, 0.3) is 0 Å². The molecule has 0 saturated heterocycles. The van der Waals surface area contributed by atoms with Gasteiger partial charge >= 0.3 is 0 Å². The Balaban J connectivity index is 1.61. The van der Waals surface area contributed by atoms with Crippen molar-refractivity contribution in [3.63, 3.8) is 0 Å². The minimum atomic E-state index is -3.39. The van der Waals surface area contributed by atoms with Gasteiger partial charge in [-0.25, -0.2) is 13.1 Å². The Morgan fingerprint density at radius 1 is 1.08 bits per heavy atom. The minimum Gasteiger partial charge on any atom is -0.383 e. The number of hydrogen-bond donors (Lipinski definition) is 2. The molecule has 2 aromatic heterocycles. The van der Waals surface area contributed by atoms with Crippen LogP contribution >= 0.6 is 22.7 Å². The summed E-state index contributed by atoms with van der Waals surface area (Å²) in [7, 11) is -3.39. The minimum absolute atomic E-state index is 0.0381. The standard InChI is InChI=1S/C17H17NO3S3/c19-17(14-8-9-22-11-14)16-7-6-15(23-16)10-18-24(20,21)12-13-4-2-1-3-5-13/h1-9,11,17-19H,10,12H2. The maximum atomic E-state index is 12.1. The van der Waals surface area contributed by atoms with Gasteiger partial charge in [0.15, 0.2) is 0 Å². The summed E-state index contributed by atoms with van der Waals surface area (Å²) in [6.45, 7) is 0.232. The number of nitrogens with one attached hydrogen (secondary N) is 1. The van der Waals surface area contributed by atoms with Crippen LogP contribution in [0.2, 0.25) is 0 Å². The topological polar surface area (TPSA) is 66.4 Å². The maximum absolute atomic E-state index is 12.1. The fourth-order valence-corrected chi connectivity index (χ4v) is 5.10. The van der Waals surface area contributed by atoms with Crippen molar-refractivity contribution < 1.29 is 13.5 Å². The van der Waals surface area contributed by atoms with Crippen LogP contribution in [0, 0.1) is 0 Å². The zero-order valence-electron chi connectivity index (χ0n) is 12.8. The van der Waals surface area contributed by atoms with E-state index in [0.29, 0.717) is 0 Å². The number of sulfonamides is 1. The van der Waals surface area contributed by atoms with Gasteiger partial charge in [0.2, 0.25) is 10.0 Å². The second-order valence-electron chi connectivity index (χ2n) is 5.33. The molecule has 4 nitrogen and oxygen atoms in total. The molecule has 0 spiro atoms. The molecule has 0 amide bonds. The first-order valence-electron chi connectivity index (χ1n) is 7.33. The Morgan fingerprint density at radius 2 is 1.88 bits per heavy atom. The molecule has 126 valence electrons. The summed E-state index contributed by atoms with van der Waals surface area (Å²) in [5.74, 6) is -0.0381. The van der Waals surface area contributed by atoms with Crippen LogP contribution in [-0.2, 0) is 22.3 Å². The van der Waals surface area contributed by atoms with E-state index in [4.69, 9.17) is 0 Å². The lowest BCUT2D eigenvalue weighted by Crippen LogP contribution is -2.24. The predicted molar refractivity (Wildman–Crippen MR) is 98.6 cm³/mol. The third kappa shape index (κ3) is 4.52. The molecule has 2 N–H and O–H groups in total. The van der Waals surface area contributed by atoms with Gasteiger partial charge in [0.25, 0.3) is 0 Å². The molecule has 0 aliphatic carbocycles. The summed E-state index contributed by atoms with van der Waals surface area (Å²) in [5, 5.41) is 14.1. The molecular weight excluding hydrogens is 362 g/mol. The Hall–Kier alpha value is -1.51. The van der Waals surface area contributed by atoms with Crippen molar-refractivity contribution in [3.05, 3.63) is 80.2 Å². The number of thiophene rings is 2. The third-order valence-corrected chi connectivity index (χ3v) is 6.61. The molecule has 0 aliphatic heterocycles. The van der Waals surface area contributed by atoms with E-state index < -0.39 is 16.1 Å². The third-order valence-electron chi connectivity index (χ3n) is 3.48. The van der Waals surface area contributed by atoms with E-state index in [1.165, 1.54) is 22.7 Å². The van der Waals surface area contributed by atoms with Crippen LogP contribution in [-0.4, -0.2) is 13.5 Å². The van der Waals surface area contributed by atoms with Crippen molar-refractivity contribution in [2.24, 2.45) is 0 Å². The zero-order valence-corrected chi connectivity index (χ0v) is 15.2. The molecule has 0 bridgehead atoms. The van der Waals surface area contributed by atoms with E-state index in [9.17, 15) is 13.5 Å². The molecule has 24 heavy (non-hydrogen) atoms. The average molecular weight is 380 g/mol. The first kappa shape index (κ1) is 17.3. The molecule has 3 aromatic rings. The monoisotopic (exact) mass is 379 g/mol. The van der Waals surface area contributed by atoms with E-state index in [2.05, 4.69) is 4.72 Å². The fraction of sp³-hybridized carbons (Fsp3) is 0.176. The van der Waals surface area contributed by atoms with Gasteiger partial charge in [-0.05, 0) is 40.1 Å². The maximum Gasteiger partial charge on any atom is 0.216 e. The molecule has 7 heteroatoms. The molecule has 3 rings (SSSR count). The highest BCUT2D eigenvalue weighted by molar-refractivity contribution is 7.88. The lowest BCUT2D eigenvalue weighted by molar-refractivity contribution is 0.224. The molecular formula is C17H17NO3S3. The molecule has 2 heterocycles. The van der Waals surface area contributed by atoms with Crippen LogP contribution in [0.15, 0.2) is 59.3 Å². The fourth-order valence-electron chi connectivity index (χ4n) is 2.26. The smallest absolute Gasteiger partial charge is 0.216 e. The summed E-state index contributed by atoms with van der Waals surface area (Å²) in [4.78, 5) is 1.68. The van der Waals surface area contributed by atoms with Crippen molar-refractivity contribution >= 4 is 32.7 Å².